The van der Waals surface area contributed by atoms with Gasteiger partial charge >= 0.3 is 0 Å². The molecule has 0 heterocycles. The molecule has 0 aliphatic rings. The van der Waals surface area contributed by atoms with Crippen LogP contribution in [0.2, 0.25) is 0 Å². The smallest absolute Gasteiger partial charge is 0.220 e. The number of amides is 1. The van der Waals surface area contributed by atoms with Crippen LogP contribution in [0.3, 0.4) is 0 Å². The van der Waals surface area contributed by atoms with Crippen LogP contribution in [0.15, 0.2) is 60.8 Å². The van der Waals surface area contributed by atoms with Crippen molar-refractivity contribution >= 4 is 5.91 Å². The fraction of sp³-hybridized carbons (Fsp3) is 0.744. The van der Waals surface area contributed by atoms with Crippen LogP contribution >= 0.6 is 0 Å². The summed E-state index contributed by atoms with van der Waals surface area (Å²) in [7, 11) is 0. The molecule has 0 fully saturated rings. The molecule has 1 amide bonds. The largest absolute Gasteiger partial charge is 0.394 e. The van der Waals surface area contributed by atoms with E-state index in [0.29, 0.717) is 12.8 Å². The average Bonchev–Trinajstić information content (AvgIpc) is 3.07. The Morgan fingerprint density at radius 3 is 1.40 bits per heavy atom. The first kappa shape index (κ1) is 45.1. The Morgan fingerprint density at radius 2 is 0.936 bits per heavy atom. The molecule has 0 saturated heterocycles. The second kappa shape index (κ2) is 38.5. The maximum Gasteiger partial charge on any atom is 0.220 e. The standard InChI is InChI=1S/C43H77NO3/c1-3-5-7-9-11-12-13-14-15-16-17-18-19-20-21-22-23-24-25-26-27-28-29-30-31-32-33-35-37-39-43(47)44-41(40-45)42(46)38-36-34-10-8-6-4-2/h5,7,11-12,14-15,17-18,20-21,41-42,45-46H,3-4,6,8-10,13,16,19,22-40H2,1-2H3,(H,44,47)/b7-5-,12-11-,15-14-,18-17-,21-20-. The third kappa shape index (κ3) is 35.2. The van der Waals surface area contributed by atoms with E-state index in [9.17, 15) is 15.0 Å². The molecule has 0 saturated carbocycles. The van der Waals surface area contributed by atoms with Crippen molar-refractivity contribution < 1.29 is 15.0 Å². The first-order valence-corrected chi connectivity index (χ1v) is 20.0. The highest BCUT2D eigenvalue weighted by Gasteiger charge is 2.19. The lowest BCUT2D eigenvalue weighted by molar-refractivity contribution is -0.123. The molecule has 0 radical (unpaired) electrons. The van der Waals surface area contributed by atoms with Crippen molar-refractivity contribution in [3.63, 3.8) is 0 Å². The van der Waals surface area contributed by atoms with Gasteiger partial charge < -0.3 is 15.5 Å². The summed E-state index contributed by atoms with van der Waals surface area (Å²) in [6.45, 7) is 4.17. The van der Waals surface area contributed by atoms with Gasteiger partial charge in [-0.3, -0.25) is 4.79 Å². The molecule has 272 valence electrons. The summed E-state index contributed by atoms with van der Waals surface area (Å²) < 4.78 is 0. The molecule has 2 unspecified atom stereocenters. The van der Waals surface area contributed by atoms with Crippen LogP contribution in [0.4, 0.5) is 0 Å². The zero-order valence-corrected chi connectivity index (χ0v) is 31.0. The number of hydrogen-bond acceptors (Lipinski definition) is 3. The zero-order valence-electron chi connectivity index (χ0n) is 31.0. The van der Waals surface area contributed by atoms with Gasteiger partial charge in [0.15, 0.2) is 0 Å². The molecule has 4 heteroatoms. The fourth-order valence-corrected chi connectivity index (χ4v) is 5.74. The Balaban J connectivity index is 3.47. The first-order chi connectivity index (χ1) is 23.2. The lowest BCUT2D eigenvalue weighted by Crippen LogP contribution is -2.45. The summed E-state index contributed by atoms with van der Waals surface area (Å²) in [5.41, 5.74) is 0. The Hall–Kier alpha value is -1.91. The van der Waals surface area contributed by atoms with Crippen LogP contribution in [0, 0.1) is 0 Å². The minimum Gasteiger partial charge on any atom is -0.394 e. The van der Waals surface area contributed by atoms with E-state index in [1.54, 1.807) is 0 Å². The lowest BCUT2D eigenvalue weighted by Gasteiger charge is -2.22. The monoisotopic (exact) mass is 656 g/mol. The van der Waals surface area contributed by atoms with Crippen molar-refractivity contribution in [2.75, 3.05) is 6.61 Å². The summed E-state index contributed by atoms with van der Waals surface area (Å²) in [6, 6.07) is -0.535. The molecule has 0 aromatic carbocycles. The number of unbranched alkanes of at least 4 members (excludes halogenated alkanes) is 18. The van der Waals surface area contributed by atoms with Gasteiger partial charge in [-0.05, 0) is 57.8 Å². The van der Waals surface area contributed by atoms with Crippen LogP contribution in [-0.4, -0.2) is 34.9 Å². The van der Waals surface area contributed by atoms with Gasteiger partial charge in [-0.1, -0.05) is 184 Å². The highest BCUT2D eigenvalue weighted by atomic mass is 16.3. The molecule has 0 aromatic rings. The summed E-state index contributed by atoms with van der Waals surface area (Å²) in [6.07, 6.45) is 53.1. The van der Waals surface area contributed by atoms with E-state index in [2.05, 4.69) is 79.9 Å². The van der Waals surface area contributed by atoms with Crippen LogP contribution < -0.4 is 5.32 Å². The quantitative estimate of drug-likeness (QED) is 0.0470. The second-order valence-corrected chi connectivity index (χ2v) is 13.3. The molecule has 0 rings (SSSR count). The van der Waals surface area contributed by atoms with Gasteiger partial charge in [0.25, 0.3) is 0 Å². The van der Waals surface area contributed by atoms with Gasteiger partial charge in [0.1, 0.15) is 0 Å². The number of allylic oxidation sites excluding steroid dienone is 10. The van der Waals surface area contributed by atoms with Crippen molar-refractivity contribution in [3.05, 3.63) is 60.8 Å². The van der Waals surface area contributed by atoms with Gasteiger partial charge in [0, 0.05) is 6.42 Å². The molecule has 4 nitrogen and oxygen atoms in total. The van der Waals surface area contributed by atoms with E-state index in [1.165, 1.54) is 103 Å². The topological polar surface area (TPSA) is 69.6 Å². The molecule has 0 aliphatic carbocycles. The molecule has 0 bridgehead atoms. The highest BCUT2D eigenvalue weighted by molar-refractivity contribution is 5.76. The van der Waals surface area contributed by atoms with E-state index in [4.69, 9.17) is 0 Å². The van der Waals surface area contributed by atoms with E-state index < -0.39 is 12.1 Å². The normalized spacial score (nSPS) is 13.7. The predicted molar refractivity (Wildman–Crippen MR) is 207 cm³/mol. The van der Waals surface area contributed by atoms with Crippen LogP contribution in [0.1, 0.15) is 187 Å². The lowest BCUT2D eigenvalue weighted by atomic mass is 10.0. The molecular weight excluding hydrogens is 578 g/mol. The molecular formula is C43H77NO3. The van der Waals surface area contributed by atoms with Crippen molar-refractivity contribution in [1.29, 1.82) is 0 Å². The van der Waals surface area contributed by atoms with Crippen LogP contribution in [-0.2, 0) is 4.79 Å². The number of nitrogens with one attached hydrogen (secondary N) is 1. The van der Waals surface area contributed by atoms with Gasteiger partial charge in [-0.15, -0.1) is 0 Å². The second-order valence-electron chi connectivity index (χ2n) is 13.3. The number of carbonyl (C=O) groups excluding carboxylic acids is 1. The minimum absolute atomic E-state index is 0.0415. The number of aliphatic hydroxyl groups excluding tert-OH is 2. The molecule has 0 aliphatic heterocycles. The Labute approximate surface area is 292 Å². The highest BCUT2D eigenvalue weighted by Crippen LogP contribution is 2.14. The Morgan fingerprint density at radius 1 is 0.532 bits per heavy atom. The minimum atomic E-state index is -0.657. The molecule has 2 atom stereocenters. The Bertz CT molecular complexity index is 797. The average molecular weight is 656 g/mol. The third-order valence-electron chi connectivity index (χ3n) is 8.79. The van der Waals surface area contributed by atoms with E-state index in [-0.39, 0.29) is 12.5 Å². The van der Waals surface area contributed by atoms with Gasteiger partial charge in [-0.25, -0.2) is 0 Å². The summed E-state index contributed by atoms with van der Waals surface area (Å²) in [5.74, 6) is -0.0415. The SMILES string of the molecule is CC/C=C\C/C=C\C/C=C\C/C=C\C/C=C\CCCCCCCCCCCCCCCC(=O)NC(CO)C(O)CCCCCCCC. The maximum atomic E-state index is 12.3. The van der Waals surface area contributed by atoms with Crippen molar-refractivity contribution in [2.24, 2.45) is 0 Å². The van der Waals surface area contributed by atoms with E-state index in [1.807, 2.05) is 0 Å². The molecule has 3 N–H and O–H groups in total. The Kier molecular flexibility index (Phi) is 37.0. The molecule has 0 aromatic heterocycles. The van der Waals surface area contributed by atoms with E-state index >= 15 is 0 Å². The summed E-state index contributed by atoms with van der Waals surface area (Å²) >= 11 is 0. The van der Waals surface area contributed by atoms with Crippen molar-refractivity contribution in [2.45, 2.75) is 199 Å². The third-order valence-corrected chi connectivity index (χ3v) is 8.79. The predicted octanol–water partition coefficient (Wildman–Crippen LogP) is 12.2. The van der Waals surface area contributed by atoms with Gasteiger partial charge in [0.05, 0.1) is 18.8 Å². The maximum absolute atomic E-state index is 12.3. The van der Waals surface area contributed by atoms with Crippen LogP contribution in [0.5, 0.6) is 0 Å². The molecule has 0 spiro atoms. The number of rotatable bonds is 35. The summed E-state index contributed by atoms with van der Waals surface area (Å²) in [5, 5.41) is 22.8. The molecule has 47 heavy (non-hydrogen) atoms. The number of aliphatic hydroxyl groups is 2. The van der Waals surface area contributed by atoms with E-state index in [0.717, 1.165) is 57.8 Å². The van der Waals surface area contributed by atoms with Crippen molar-refractivity contribution in [3.8, 4) is 0 Å². The number of hydrogen-bond donors (Lipinski definition) is 3. The van der Waals surface area contributed by atoms with Crippen molar-refractivity contribution in [1.82, 2.24) is 5.32 Å². The first-order valence-electron chi connectivity index (χ1n) is 20.0. The number of carbonyl (C=O) groups is 1. The van der Waals surface area contributed by atoms with Gasteiger partial charge in [0.2, 0.25) is 5.91 Å². The van der Waals surface area contributed by atoms with Crippen LogP contribution in [0.25, 0.3) is 0 Å². The fourth-order valence-electron chi connectivity index (χ4n) is 5.74. The zero-order chi connectivity index (χ0) is 34.3. The van der Waals surface area contributed by atoms with Gasteiger partial charge in [-0.2, -0.15) is 0 Å². The summed E-state index contributed by atoms with van der Waals surface area (Å²) in [4.78, 5) is 12.3.